The lowest BCUT2D eigenvalue weighted by Gasteiger charge is -2.21. The van der Waals surface area contributed by atoms with Gasteiger partial charge < -0.3 is 14.6 Å². The topological polar surface area (TPSA) is 38.7 Å². The minimum Gasteiger partial charge on any atom is -0.486 e. The van der Waals surface area contributed by atoms with E-state index in [0.29, 0.717) is 29.7 Å². The van der Waals surface area contributed by atoms with Crippen molar-refractivity contribution in [2.24, 2.45) is 0 Å². The molecule has 1 aromatic carbocycles. The molecular weight excluding hydrogens is 288 g/mol. The third-order valence-electron chi connectivity index (χ3n) is 3.84. The van der Waals surface area contributed by atoms with E-state index >= 15 is 0 Å². The van der Waals surface area contributed by atoms with Crippen molar-refractivity contribution in [1.29, 1.82) is 0 Å². The normalized spacial score (nSPS) is 15.0. The van der Waals surface area contributed by atoms with Crippen LogP contribution in [0.15, 0.2) is 12.1 Å². The first-order valence-corrected chi connectivity index (χ1v) is 8.37. The number of aliphatic hydroxyl groups is 1. The number of hydrogen-bond acceptors (Lipinski definition) is 3. The predicted molar refractivity (Wildman–Crippen MR) is 85.4 cm³/mol. The first-order valence-electron chi connectivity index (χ1n) is 7.99. The molecular formula is C17H25ClO3. The fraction of sp³-hybridized carbons (Fsp3) is 0.647. The Kier molecular flexibility index (Phi) is 6.65. The Labute approximate surface area is 132 Å². The summed E-state index contributed by atoms with van der Waals surface area (Å²) in [6.07, 6.45) is 7.61. The molecule has 1 aliphatic rings. The molecule has 0 saturated carbocycles. The zero-order valence-electron chi connectivity index (χ0n) is 12.7. The van der Waals surface area contributed by atoms with Gasteiger partial charge in [-0.1, -0.05) is 57.0 Å². The van der Waals surface area contributed by atoms with Gasteiger partial charge in [0.1, 0.15) is 13.2 Å². The number of unbranched alkanes of at least 4 members (excludes halogenated alkanes) is 5. The van der Waals surface area contributed by atoms with Crippen molar-refractivity contribution in [3.8, 4) is 11.5 Å². The molecule has 0 spiro atoms. The van der Waals surface area contributed by atoms with Gasteiger partial charge in [0.25, 0.3) is 0 Å². The van der Waals surface area contributed by atoms with Crippen molar-refractivity contribution in [2.75, 3.05) is 13.2 Å². The molecule has 1 heterocycles. The summed E-state index contributed by atoms with van der Waals surface area (Å²) >= 11 is 6.19. The zero-order valence-corrected chi connectivity index (χ0v) is 13.5. The third-order valence-corrected chi connectivity index (χ3v) is 4.12. The Morgan fingerprint density at radius 1 is 1.10 bits per heavy atom. The predicted octanol–water partition coefficient (Wildman–Crippen LogP) is 4.90. The van der Waals surface area contributed by atoms with E-state index in [-0.39, 0.29) is 0 Å². The van der Waals surface area contributed by atoms with Crippen LogP contribution in [0.1, 0.15) is 63.5 Å². The quantitative estimate of drug-likeness (QED) is 0.694. The second kappa shape index (κ2) is 8.50. The molecule has 0 fully saturated rings. The van der Waals surface area contributed by atoms with Crippen LogP contribution in [0.25, 0.3) is 0 Å². The van der Waals surface area contributed by atoms with Gasteiger partial charge in [-0.25, -0.2) is 0 Å². The molecule has 1 N–H and O–H groups in total. The van der Waals surface area contributed by atoms with Crippen molar-refractivity contribution in [3.05, 3.63) is 22.7 Å². The number of ether oxygens (including phenoxy) is 2. The van der Waals surface area contributed by atoms with Crippen LogP contribution in [0, 0.1) is 0 Å². The highest BCUT2D eigenvalue weighted by atomic mass is 35.5. The monoisotopic (exact) mass is 312 g/mol. The Morgan fingerprint density at radius 2 is 1.81 bits per heavy atom. The van der Waals surface area contributed by atoms with Gasteiger partial charge >= 0.3 is 0 Å². The highest BCUT2D eigenvalue weighted by Crippen LogP contribution is 2.40. The summed E-state index contributed by atoms with van der Waals surface area (Å²) in [7, 11) is 0. The molecule has 21 heavy (non-hydrogen) atoms. The maximum Gasteiger partial charge on any atom is 0.179 e. The number of hydrogen-bond donors (Lipinski definition) is 1. The van der Waals surface area contributed by atoms with Gasteiger partial charge in [-0.15, -0.1) is 0 Å². The van der Waals surface area contributed by atoms with Crippen LogP contribution in [0.3, 0.4) is 0 Å². The average molecular weight is 313 g/mol. The van der Waals surface area contributed by atoms with Crippen molar-refractivity contribution in [2.45, 2.75) is 58.0 Å². The fourth-order valence-corrected chi connectivity index (χ4v) is 2.88. The number of aliphatic hydroxyl groups excluding tert-OH is 1. The van der Waals surface area contributed by atoms with Gasteiger partial charge in [-0.05, 0) is 24.1 Å². The summed E-state index contributed by atoms with van der Waals surface area (Å²) in [6, 6.07) is 3.64. The van der Waals surface area contributed by atoms with E-state index < -0.39 is 6.10 Å². The van der Waals surface area contributed by atoms with Crippen molar-refractivity contribution < 1.29 is 14.6 Å². The first-order chi connectivity index (χ1) is 10.2. The smallest absolute Gasteiger partial charge is 0.179 e. The third kappa shape index (κ3) is 4.79. The molecule has 0 amide bonds. The summed E-state index contributed by atoms with van der Waals surface area (Å²) in [6.45, 7) is 3.27. The molecule has 118 valence electrons. The molecule has 1 atom stereocenters. The van der Waals surface area contributed by atoms with Crippen molar-refractivity contribution in [1.82, 2.24) is 0 Å². The molecule has 4 heteroatoms. The molecule has 0 aliphatic carbocycles. The van der Waals surface area contributed by atoms with Crippen molar-refractivity contribution in [3.63, 3.8) is 0 Å². The largest absolute Gasteiger partial charge is 0.486 e. The van der Waals surface area contributed by atoms with Gasteiger partial charge in [0.05, 0.1) is 11.1 Å². The summed E-state index contributed by atoms with van der Waals surface area (Å²) in [5.74, 6) is 1.24. The lowest BCUT2D eigenvalue weighted by atomic mass is 10.0. The number of fused-ring (bicyclic) bond motifs is 1. The van der Waals surface area contributed by atoms with Gasteiger partial charge in [0.15, 0.2) is 11.5 Å². The van der Waals surface area contributed by atoms with Gasteiger partial charge in [0, 0.05) is 0 Å². The van der Waals surface area contributed by atoms with E-state index in [2.05, 4.69) is 6.92 Å². The SMILES string of the molecule is CCCCCCCCC(O)c1cc(Cl)c2c(c1)OCCO2. The van der Waals surface area contributed by atoms with Gasteiger partial charge in [-0.3, -0.25) is 0 Å². The zero-order chi connectivity index (χ0) is 15.1. The summed E-state index contributed by atoms with van der Waals surface area (Å²) in [5.41, 5.74) is 0.817. The lowest BCUT2D eigenvalue weighted by molar-refractivity contribution is 0.157. The highest BCUT2D eigenvalue weighted by molar-refractivity contribution is 6.32. The molecule has 1 unspecified atom stereocenters. The molecule has 1 aliphatic heterocycles. The second-order valence-corrected chi connectivity index (χ2v) is 6.01. The van der Waals surface area contributed by atoms with Crippen molar-refractivity contribution >= 4 is 11.6 Å². The maximum atomic E-state index is 10.3. The fourth-order valence-electron chi connectivity index (χ4n) is 2.61. The van der Waals surface area contributed by atoms with E-state index in [9.17, 15) is 5.11 Å². The summed E-state index contributed by atoms with van der Waals surface area (Å²) in [4.78, 5) is 0. The number of benzene rings is 1. The van der Waals surface area contributed by atoms with Gasteiger partial charge in [-0.2, -0.15) is 0 Å². The molecule has 0 saturated heterocycles. The highest BCUT2D eigenvalue weighted by Gasteiger charge is 2.19. The lowest BCUT2D eigenvalue weighted by Crippen LogP contribution is -2.16. The Hall–Kier alpha value is -0.930. The number of halogens is 1. The van der Waals surface area contributed by atoms with Crippen LogP contribution in [0.2, 0.25) is 5.02 Å². The molecule has 3 nitrogen and oxygen atoms in total. The van der Waals surface area contributed by atoms with E-state index in [4.69, 9.17) is 21.1 Å². The first kappa shape index (κ1) is 16.4. The Bertz CT molecular complexity index is 448. The minimum atomic E-state index is -0.482. The molecule has 0 bridgehead atoms. The Morgan fingerprint density at radius 3 is 2.62 bits per heavy atom. The molecule has 1 aromatic rings. The van der Waals surface area contributed by atoms with Crippen LogP contribution >= 0.6 is 11.6 Å². The Balaban J connectivity index is 1.85. The van der Waals surface area contributed by atoms with Crippen LogP contribution in [0.4, 0.5) is 0 Å². The average Bonchev–Trinajstić information content (AvgIpc) is 2.50. The van der Waals surface area contributed by atoms with Crippen LogP contribution in [-0.2, 0) is 0 Å². The van der Waals surface area contributed by atoms with E-state index in [1.165, 1.54) is 32.1 Å². The van der Waals surface area contributed by atoms with Crippen LogP contribution < -0.4 is 9.47 Å². The second-order valence-electron chi connectivity index (χ2n) is 5.60. The molecule has 0 radical (unpaired) electrons. The molecule has 0 aromatic heterocycles. The molecule has 2 rings (SSSR count). The number of rotatable bonds is 8. The minimum absolute atomic E-state index is 0.482. The van der Waals surface area contributed by atoms with E-state index in [1.807, 2.05) is 6.07 Å². The van der Waals surface area contributed by atoms with E-state index in [0.717, 1.165) is 18.4 Å². The summed E-state index contributed by atoms with van der Waals surface area (Å²) < 4.78 is 11.0. The maximum absolute atomic E-state index is 10.3. The van der Waals surface area contributed by atoms with E-state index in [1.54, 1.807) is 6.07 Å². The van der Waals surface area contributed by atoms with Crippen LogP contribution in [-0.4, -0.2) is 18.3 Å². The standard InChI is InChI=1S/C17H25ClO3/c1-2-3-4-5-6-7-8-15(19)13-11-14(18)17-16(12-13)20-9-10-21-17/h11-12,15,19H,2-10H2,1H3. The van der Waals surface area contributed by atoms with Gasteiger partial charge in [0.2, 0.25) is 0 Å². The van der Waals surface area contributed by atoms with Crippen LogP contribution in [0.5, 0.6) is 11.5 Å². The summed E-state index contributed by atoms with van der Waals surface area (Å²) in [5, 5.41) is 10.8.